The van der Waals surface area contributed by atoms with Crippen molar-refractivity contribution in [2.24, 2.45) is 0 Å². The molecule has 148 valence electrons. The molecule has 0 unspecified atom stereocenters. The lowest BCUT2D eigenvalue weighted by Gasteiger charge is -2.31. The first-order valence-electron chi connectivity index (χ1n) is 9.71. The Morgan fingerprint density at radius 3 is 2.64 bits per heavy atom. The summed E-state index contributed by atoms with van der Waals surface area (Å²) in [5, 5.41) is 3.19. The zero-order chi connectivity index (χ0) is 20.1. The van der Waals surface area contributed by atoms with E-state index in [-0.39, 0.29) is 24.3 Å². The number of halogens is 1. The summed E-state index contributed by atoms with van der Waals surface area (Å²) in [5.41, 5.74) is 2.95. The largest absolute Gasteiger partial charge is 0.339 e. The second-order valence-corrected chi connectivity index (χ2v) is 7.84. The molecule has 0 atom stereocenters. The van der Waals surface area contributed by atoms with Crippen LogP contribution in [0.1, 0.15) is 53.6 Å². The summed E-state index contributed by atoms with van der Waals surface area (Å²) in [4.78, 5) is 31.0. The number of pyridine rings is 1. The van der Waals surface area contributed by atoms with Crippen LogP contribution in [0.4, 0.5) is 5.69 Å². The van der Waals surface area contributed by atoms with Crippen molar-refractivity contribution in [2.75, 3.05) is 12.4 Å². The summed E-state index contributed by atoms with van der Waals surface area (Å²) in [6.45, 7) is 1.95. The monoisotopic (exact) mass is 399 g/mol. The molecule has 0 aliphatic heterocycles. The quantitative estimate of drug-likeness (QED) is 0.797. The summed E-state index contributed by atoms with van der Waals surface area (Å²) in [6.07, 6.45) is 9.30. The minimum atomic E-state index is -0.148. The van der Waals surface area contributed by atoms with Crippen molar-refractivity contribution < 1.29 is 9.59 Å². The zero-order valence-corrected chi connectivity index (χ0v) is 17.1. The van der Waals surface area contributed by atoms with Crippen LogP contribution in [0, 0.1) is 6.92 Å². The van der Waals surface area contributed by atoms with Gasteiger partial charge in [0, 0.05) is 31.2 Å². The summed E-state index contributed by atoms with van der Waals surface area (Å²) >= 11 is 6.37. The number of hydrogen-bond donors (Lipinski definition) is 1. The van der Waals surface area contributed by atoms with Crippen LogP contribution in [0.2, 0.25) is 5.02 Å². The Hall–Kier alpha value is -2.40. The molecule has 1 aromatic heterocycles. The van der Waals surface area contributed by atoms with Gasteiger partial charge in [0.25, 0.3) is 5.91 Å². The molecule has 3 rings (SSSR count). The zero-order valence-electron chi connectivity index (χ0n) is 16.4. The van der Waals surface area contributed by atoms with Gasteiger partial charge in [0.05, 0.1) is 17.0 Å². The summed E-state index contributed by atoms with van der Waals surface area (Å²) in [7, 11) is 1.85. The predicted molar refractivity (Wildman–Crippen MR) is 112 cm³/mol. The maximum atomic E-state index is 12.8. The van der Waals surface area contributed by atoms with Crippen molar-refractivity contribution in [1.82, 2.24) is 9.88 Å². The fraction of sp³-hybridized carbons (Fsp3) is 0.409. The van der Waals surface area contributed by atoms with Crippen LogP contribution < -0.4 is 5.32 Å². The maximum absolute atomic E-state index is 12.8. The smallest absolute Gasteiger partial charge is 0.255 e. The van der Waals surface area contributed by atoms with Gasteiger partial charge in [-0.05, 0) is 55.2 Å². The number of rotatable bonds is 5. The molecule has 28 heavy (non-hydrogen) atoms. The third-order valence-electron chi connectivity index (χ3n) is 5.42. The molecule has 0 saturated heterocycles. The number of carbonyl (C=O) groups excluding carboxylic acids is 2. The molecule has 0 spiro atoms. The topological polar surface area (TPSA) is 62.3 Å². The van der Waals surface area contributed by atoms with E-state index in [0.29, 0.717) is 16.3 Å². The van der Waals surface area contributed by atoms with Gasteiger partial charge >= 0.3 is 0 Å². The van der Waals surface area contributed by atoms with Crippen molar-refractivity contribution in [2.45, 2.75) is 51.5 Å². The molecule has 0 bridgehead atoms. The SMILES string of the molecule is Cc1ccncc1CC(=O)Nc1ccc(C(=O)N(C)C2CCCCC2)c(Cl)c1. The number of aromatic nitrogens is 1. The van der Waals surface area contributed by atoms with Crippen LogP contribution in [-0.2, 0) is 11.2 Å². The number of benzene rings is 1. The van der Waals surface area contributed by atoms with Crippen LogP contribution >= 0.6 is 11.6 Å². The number of nitrogens with zero attached hydrogens (tertiary/aromatic N) is 2. The number of hydrogen-bond acceptors (Lipinski definition) is 3. The Kier molecular flexibility index (Phi) is 6.68. The Morgan fingerprint density at radius 1 is 1.21 bits per heavy atom. The highest BCUT2D eigenvalue weighted by Gasteiger charge is 2.24. The molecular formula is C22H26ClN3O2. The first-order chi connectivity index (χ1) is 13.5. The van der Waals surface area contributed by atoms with Gasteiger partial charge in [-0.25, -0.2) is 0 Å². The van der Waals surface area contributed by atoms with Gasteiger partial charge in [0.1, 0.15) is 0 Å². The van der Waals surface area contributed by atoms with E-state index in [1.807, 2.05) is 24.9 Å². The van der Waals surface area contributed by atoms with E-state index in [1.165, 1.54) is 6.42 Å². The fourth-order valence-electron chi connectivity index (χ4n) is 3.65. The molecule has 1 saturated carbocycles. The molecule has 2 amide bonds. The molecule has 2 aromatic rings. The third-order valence-corrected chi connectivity index (χ3v) is 5.74. The molecule has 1 heterocycles. The van der Waals surface area contributed by atoms with E-state index in [0.717, 1.165) is 36.8 Å². The van der Waals surface area contributed by atoms with Crippen LogP contribution in [0.3, 0.4) is 0 Å². The second-order valence-electron chi connectivity index (χ2n) is 7.43. The van der Waals surface area contributed by atoms with E-state index < -0.39 is 0 Å². The Bertz CT molecular complexity index is 863. The fourth-order valence-corrected chi connectivity index (χ4v) is 3.91. The number of carbonyl (C=O) groups is 2. The standard InChI is InChI=1S/C22H26ClN3O2/c1-15-10-11-24-14-16(15)12-21(27)25-17-8-9-19(20(23)13-17)22(28)26(2)18-6-4-3-5-7-18/h8-11,13-14,18H,3-7,12H2,1-2H3,(H,25,27). The lowest BCUT2D eigenvalue weighted by atomic mass is 9.94. The van der Waals surface area contributed by atoms with Gasteiger partial charge in [0.15, 0.2) is 0 Å². The summed E-state index contributed by atoms with van der Waals surface area (Å²) in [6, 6.07) is 7.20. The van der Waals surface area contributed by atoms with Crippen molar-refractivity contribution in [1.29, 1.82) is 0 Å². The summed E-state index contributed by atoms with van der Waals surface area (Å²) in [5.74, 6) is -0.216. The highest BCUT2D eigenvalue weighted by molar-refractivity contribution is 6.34. The van der Waals surface area contributed by atoms with Crippen molar-refractivity contribution >= 4 is 29.1 Å². The number of nitrogens with one attached hydrogen (secondary N) is 1. The molecule has 1 aliphatic carbocycles. The van der Waals surface area contributed by atoms with Crippen molar-refractivity contribution in [3.63, 3.8) is 0 Å². The highest BCUT2D eigenvalue weighted by atomic mass is 35.5. The highest BCUT2D eigenvalue weighted by Crippen LogP contribution is 2.26. The van der Waals surface area contributed by atoms with Gasteiger partial charge < -0.3 is 10.2 Å². The van der Waals surface area contributed by atoms with Gasteiger partial charge in [-0.15, -0.1) is 0 Å². The predicted octanol–water partition coefficient (Wildman–Crippen LogP) is 4.63. The van der Waals surface area contributed by atoms with Gasteiger partial charge in [-0.1, -0.05) is 30.9 Å². The average molecular weight is 400 g/mol. The van der Waals surface area contributed by atoms with Gasteiger partial charge in [-0.2, -0.15) is 0 Å². The molecule has 1 aromatic carbocycles. The van der Waals surface area contributed by atoms with E-state index in [1.54, 1.807) is 30.6 Å². The normalized spacial score (nSPS) is 14.5. The van der Waals surface area contributed by atoms with Crippen LogP contribution in [0.15, 0.2) is 36.7 Å². The Labute approximate surface area is 171 Å². The lowest BCUT2D eigenvalue weighted by molar-refractivity contribution is -0.115. The third kappa shape index (κ3) is 4.90. The maximum Gasteiger partial charge on any atom is 0.255 e. The number of aryl methyl sites for hydroxylation is 1. The Balaban J connectivity index is 1.65. The average Bonchev–Trinajstić information content (AvgIpc) is 2.69. The second kappa shape index (κ2) is 9.20. The first-order valence-corrected chi connectivity index (χ1v) is 10.1. The summed E-state index contributed by atoms with van der Waals surface area (Å²) < 4.78 is 0. The molecule has 1 aliphatic rings. The molecule has 6 heteroatoms. The molecule has 1 N–H and O–H groups in total. The van der Waals surface area contributed by atoms with Crippen molar-refractivity contribution in [3.8, 4) is 0 Å². The van der Waals surface area contributed by atoms with E-state index in [9.17, 15) is 9.59 Å². The molecule has 1 fully saturated rings. The van der Waals surface area contributed by atoms with Crippen LogP contribution in [-0.4, -0.2) is 34.8 Å². The van der Waals surface area contributed by atoms with Gasteiger partial charge in [-0.3, -0.25) is 14.6 Å². The lowest BCUT2D eigenvalue weighted by Crippen LogP contribution is -2.38. The van der Waals surface area contributed by atoms with E-state index in [2.05, 4.69) is 10.3 Å². The van der Waals surface area contributed by atoms with E-state index in [4.69, 9.17) is 11.6 Å². The number of amides is 2. The number of anilines is 1. The molecular weight excluding hydrogens is 374 g/mol. The van der Waals surface area contributed by atoms with E-state index >= 15 is 0 Å². The Morgan fingerprint density at radius 2 is 1.96 bits per heavy atom. The van der Waals surface area contributed by atoms with Crippen molar-refractivity contribution in [3.05, 3.63) is 58.4 Å². The minimum Gasteiger partial charge on any atom is -0.339 e. The van der Waals surface area contributed by atoms with Crippen LogP contribution in [0.5, 0.6) is 0 Å². The minimum absolute atomic E-state index is 0.0687. The molecule has 0 radical (unpaired) electrons. The van der Waals surface area contributed by atoms with Gasteiger partial charge in [0.2, 0.25) is 5.91 Å². The molecule has 5 nitrogen and oxygen atoms in total. The first kappa shape index (κ1) is 20.3. The van der Waals surface area contributed by atoms with Crippen LogP contribution in [0.25, 0.3) is 0 Å².